The molecule has 4 nitrogen and oxygen atoms in total. The number of hydrogen-bond acceptors (Lipinski definition) is 4. The van der Waals surface area contributed by atoms with Crippen LogP contribution in [0.25, 0.3) is 0 Å². The fraction of sp³-hybridized carbons (Fsp3) is 0.889. The van der Waals surface area contributed by atoms with Gasteiger partial charge in [-0.3, -0.25) is 4.79 Å². The van der Waals surface area contributed by atoms with Crippen LogP contribution in [-0.2, 0) is 14.3 Å². The summed E-state index contributed by atoms with van der Waals surface area (Å²) in [6.07, 6.45) is 0. The molecule has 0 bridgehead atoms. The van der Waals surface area contributed by atoms with Crippen molar-refractivity contribution in [1.29, 1.82) is 0 Å². The molecule has 0 aromatic carbocycles. The molecule has 0 aliphatic carbocycles. The predicted molar refractivity (Wildman–Crippen MR) is 50.6 cm³/mol. The van der Waals surface area contributed by atoms with Gasteiger partial charge in [-0.25, -0.2) is 0 Å². The van der Waals surface area contributed by atoms with Crippen LogP contribution in [0.5, 0.6) is 0 Å². The van der Waals surface area contributed by atoms with Crippen LogP contribution in [0.4, 0.5) is 0 Å². The zero-order valence-electron chi connectivity index (χ0n) is 8.85. The Morgan fingerprint density at radius 3 is 2.46 bits per heavy atom. The van der Waals surface area contributed by atoms with Crippen LogP contribution in [0, 0.1) is 0 Å². The first-order chi connectivity index (χ1) is 6.04. The summed E-state index contributed by atoms with van der Waals surface area (Å²) in [6, 6.07) is 0. The molecule has 0 saturated carbocycles. The van der Waals surface area contributed by atoms with E-state index in [-0.39, 0.29) is 5.97 Å². The zero-order chi connectivity index (χ0) is 10.3. The molecule has 78 valence electrons. The summed E-state index contributed by atoms with van der Waals surface area (Å²) in [7, 11) is 1.73. The second kappa shape index (κ2) is 5.94. The summed E-state index contributed by atoms with van der Waals surface area (Å²) in [6.45, 7) is 6.87. The first-order valence-corrected chi connectivity index (χ1v) is 4.48. The van der Waals surface area contributed by atoms with Crippen molar-refractivity contribution in [2.45, 2.75) is 26.3 Å². The predicted octanol–water partition coefficient (Wildman–Crippen LogP) is 0.564. The molecule has 0 heterocycles. The van der Waals surface area contributed by atoms with Gasteiger partial charge in [-0.15, -0.1) is 0 Å². The van der Waals surface area contributed by atoms with E-state index in [0.29, 0.717) is 19.8 Å². The Morgan fingerprint density at radius 2 is 2.00 bits per heavy atom. The van der Waals surface area contributed by atoms with Gasteiger partial charge in [-0.1, -0.05) is 0 Å². The zero-order valence-corrected chi connectivity index (χ0v) is 8.85. The maximum absolute atomic E-state index is 11.3. The molecule has 0 aromatic rings. The van der Waals surface area contributed by atoms with Gasteiger partial charge in [0.05, 0.1) is 6.61 Å². The highest BCUT2D eigenvalue weighted by Crippen LogP contribution is 2.03. The summed E-state index contributed by atoms with van der Waals surface area (Å²) in [5.41, 5.74) is -0.619. The van der Waals surface area contributed by atoms with Gasteiger partial charge in [0.1, 0.15) is 12.1 Å². The molecule has 0 aliphatic rings. The fourth-order valence-corrected chi connectivity index (χ4v) is 0.620. The van der Waals surface area contributed by atoms with Crippen LogP contribution in [0.2, 0.25) is 0 Å². The highest BCUT2D eigenvalue weighted by atomic mass is 16.6. The van der Waals surface area contributed by atoms with Crippen LogP contribution in [0.15, 0.2) is 0 Å². The standard InChI is InChI=1S/C9H19NO3/c1-5-12-6-7-13-8(11)9(2,3)10-4/h10H,5-7H2,1-4H3. The number of nitrogens with one attached hydrogen (secondary N) is 1. The van der Waals surface area contributed by atoms with E-state index in [0.717, 1.165) is 0 Å². The van der Waals surface area contributed by atoms with E-state index in [2.05, 4.69) is 5.32 Å². The third-order valence-corrected chi connectivity index (χ3v) is 1.80. The van der Waals surface area contributed by atoms with Crippen LogP contribution >= 0.6 is 0 Å². The van der Waals surface area contributed by atoms with Gasteiger partial charge >= 0.3 is 5.97 Å². The van der Waals surface area contributed by atoms with E-state index in [1.54, 1.807) is 20.9 Å². The number of carbonyl (C=O) groups is 1. The molecule has 0 unspecified atom stereocenters. The van der Waals surface area contributed by atoms with Gasteiger partial charge in [-0.2, -0.15) is 0 Å². The van der Waals surface area contributed by atoms with E-state index in [4.69, 9.17) is 9.47 Å². The number of ether oxygens (including phenoxy) is 2. The minimum Gasteiger partial charge on any atom is -0.462 e. The van der Waals surface area contributed by atoms with Gasteiger partial charge in [0.2, 0.25) is 0 Å². The van der Waals surface area contributed by atoms with E-state index < -0.39 is 5.54 Å². The van der Waals surface area contributed by atoms with Crippen molar-refractivity contribution in [3.8, 4) is 0 Å². The van der Waals surface area contributed by atoms with Crippen LogP contribution in [0.3, 0.4) is 0 Å². The average Bonchev–Trinajstić information content (AvgIpc) is 2.12. The molecule has 0 radical (unpaired) electrons. The molecule has 0 saturated heterocycles. The molecule has 0 atom stereocenters. The summed E-state index contributed by atoms with van der Waals surface area (Å²) in [5, 5.41) is 2.87. The van der Waals surface area contributed by atoms with E-state index >= 15 is 0 Å². The second-order valence-electron chi connectivity index (χ2n) is 3.21. The summed E-state index contributed by atoms with van der Waals surface area (Å²) < 4.78 is 10.0. The molecule has 4 heteroatoms. The van der Waals surface area contributed by atoms with Crippen molar-refractivity contribution in [2.75, 3.05) is 26.9 Å². The van der Waals surface area contributed by atoms with E-state index in [1.807, 2.05) is 6.92 Å². The number of rotatable bonds is 6. The first kappa shape index (κ1) is 12.4. The first-order valence-electron chi connectivity index (χ1n) is 4.48. The lowest BCUT2D eigenvalue weighted by Gasteiger charge is -2.21. The molecule has 0 fully saturated rings. The highest BCUT2D eigenvalue weighted by Gasteiger charge is 2.26. The average molecular weight is 189 g/mol. The third-order valence-electron chi connectivity index (χ3n) is 1.80. The Kier molecular flexibility index (Phi) is 5.66. The number of likely N-dealkylation sites (N-methyl/N-ethyl adjacent to an activating group) is 1. The number of hydrogen-bond donors (Lipinski definition) is 1. The van der Waals surface area contributed by atoms with E-state index in [9.17, 15) is 4.79 Å². The monoisotopic (exact) mass is 189 g/mol. The molecule has 0 amide bonds. The lowest BCUT2D eigenvalue weighted by atomic mass is 10.1. The van der Waals surface area contributed by atoms with Crippen molar-refractivity contribution >= 4 is 5.97 Å². The molecule has 0 aliphatic heterocycles. The number of esters is 1. The van der Waals surface area contributed by atoms with Crippen LogP contribution in [-0.4, -0.2) is 38.4 Å². The maximum Gasteiger partial charge on any atom is 0.325 e. The van der Waals surface area contributed by atoms with Gasteiger partial charge in [0, 0.05) is 6.61 Å². The molecular weight excluding hydrogens is 170 g/mol. The molecular formula is C9H19NO3. The summed E-state index contributed by atoms with van der Waals surface area (Å²) >= 11 is 0. The van der Waals surface area contributed by atoms with E-state index in [1.165, 1.54) is 0 Å². The molecule has 0 rings (SSSR count). The Morgan fingerprint density at radius 1 is 1.38 bits per heavy atom. The molecule has 13 heavy (non-hydrogen) atoms. The van der Waals surface area contributed by atoms with Crippen molar-refractivity contribution in [2.24, 2.45) is 0 Å². The van der Waals surface area contributed by atoms with Crippen molar-refractivity contribution < 1.29 is 14.3 Å². The lowest BCUT2D eigenvalue weighted by Crippen LogP contribution is -2.45. The Hall–Kier alpha value is -0.610. The van der Waals surface area contributed by atoms with Gasteiger partial charge < -0.3 is 14.8 Å². The van der Waals surface area contributed by atoms with Crippen molar-refractivity contribution in [3.05, 3.63) is 0 Å². The molecule has 1 N–H and O–H groups in total. The van der Waals surface area contributed by atoms with Crippen molar-refractivity contribution in [1.82, 2.24) is 5.32 Å². The highest BCUT2D eigenvalue weighted by molar-refractivity contribution is 5.79. The van der Waals surface area contributed by atoms with Gasteiger partial charge in [-0.05, 0) is 27.8 Å². The molecule has 0 aromatic heterocycles. The molecule has 0 spiro atoms. The minimum atomic E-state index is -0.619. The summed E-state index contributed by atoms with van der Waals surface area (Å²) in [4.78, 5) is 11.3. The third kappa shape index (κ3) is 4.85. The van der Waals surface area contributed by atoms with Gasteiger partial charge in [0.25, 0.3) is 0 Å². The topological polar surface area (TPSA) is 47.6 Å². The lowest BCUT2D eigenvalue weighted by molar-refractivity contribution is -0.151. The van der Waals surface area contributed by atoms with Crippen LogP contribution < -0.4 is 5.32 Å². The Labute approximate surface area is 79.6 Å². The Balaban J connectivity index is 3.62. The minimum absolute atomic E-state index is 0.255. The van der Waals surface area contributed by atoms with Crippen molar-refractivity contribution in [3.63, 3.8) is 0 Å². The SMILES string of the molecule is CCOCCOC(=O)C(C)(C)NC. The smallest absolute Gasteiger partial charge is 0.325 e. The van der Waals surface area contributed by atoms with Crippen LogP contribution in [0.1, 0.15) is 20.8 Å². The largest absolute Gasteiger partial charge is 0.462 e. The summed E-state index contributed by atoms with van der Waals surface area (Å²) in [5.74, 6) is -0.255. The maximum atomic E-state index is 11.3. The van der Waals surface area contributed by atoms with Gasteiger partial charge in [0.15, 0.2) is 0 Å². The fourth-order valence-electron chi connectivity index (χ4n) is 0.620. The Bertz CT molecular complexity index is 157. The quantitative estimate of drug-likeness (QED) is 0.490. The second-order valence-corrected chi connectivity index (χ2v) is 3.21. The normalized spacial score (nSPS) is 11.4. The number of carbonyl (C=O) groups excluding carboxylic acids is 1.